The van der Waals surface area contributed by atoms with Crippen LogP contribution in [-0.2, 0) is 6.54 Å². The summed E-state index contributed by atoms with van der Waals surface area (Å²) in [5.41, 5.74) is 2.92. The van der Waals surface area contributed by atoms with Gasteiger partial charge < -0.3 is 15.1 Å². The second-order valence-electron chi connectivity index (χ2n) is 6.83. The zero-order valence-electron chi connectivity index (χ0n) is 14.5. The molecule has 2 aliphatic heterocycles. The molecule has 1 saturated heterocycles. The maximum atomic E-state index is 10.6. The van der Waals surface area contributed by atoms with Crippen molar-refractivity contribution in [3.63, 3.8) is 0 Å². The van der Waals surface area contributed by atoms with Gasteiger partial charge in [0, 0.05) is 23.7 Å². The molecule has 5 heteroatoms. The number of fused-ring (bicyclic) bond motifs is 1. The van der Waals surface area contributed by atoms with Gasteiger partial charge in [-0.15, -0.1) is 0 Å². The average molecular weight is 350 g/mol. The molecule has 134 valence electrons. The van der Waals surface area contributed by atoms with Gasteiger partial charge in [0.1, 0.15) is 0 Å². The number of hydrogen-bond donors (Lipinski definition) is 2. The van der Waals surface area contributed by atoms with Gasteiger partial charge in [-0.3, -0.25) is 4.90 Å². The van der Waals surface area contributed by atoms with Crippen LogP contribution in [0.4, 0.5) is 0 Å². The van der Waals surface area contributed by atoms with Crippen molar-refractivity contribution in [3.05, 3.63) is 65.2 Å². The standard InChI is InChI=1S/C21H22N2O3/c24-19-9-8-17-6-7-18(20(25)21(17)26-22-19)14-23-12-10-16(11-13-23)15-4-2-1-3-5-15/h1-9,16,25H,10-14H2,(H,22,24). The summed E-state index contributed by atoms with van der Waals surface area (Å²) in [5.74, 6) is 0.779. The predicted molar refractivity (Wildman–Crippen MR) is 102 cm³/mol. The quantitative estimate of drug-likeness (QED) is 0.876. The van der Waals surface area contributed by atoms with Crippen LogP contribution < -0.4 is 4.84 Å². The van der Waals surface area contributed by atoms with Gasteiger partial charge in [0.15, 0.2) is 5.75 Å². The van der Waals surface area contributed by atoms with Crippen molar-refractivity contribution in [1.29, 1.82) is 0 Å². The molecule has 0 atom stereocenters. The number of rotatable bonds is 3. The summed E-state index contributed by atoms with van der Waals surface area (Å²) >= 11 is 0. The minimum atomic E-state index is -0.217. The molecule has 5 nitrogen and oxygen atoms in total. The fourth-order valence-electron chi connectivity index (χ4n) is 3.66. The van der Waals surface area contributed by atoms with E-state index < -0.39 is 0 Å². The Morgan fingerprint density at radius 3 is 2.54 bits per heavy atom. The van der Waals surface area contributed by atoms with Gasteiger partial charge in [-0.2, -0.15) is 0 Å². The zero-order valence-corrected chi connectivity index (χ0v) is 14.5. The van der Waals surface area contributed by atoms with Crippen molar-refractivity contribution in [2.45, 2.75) is 25.3 Å². The first-order chi connectivity index (χ1) is 12.7. The summed E-state index contributed by atoms with van der Waals surface area (Å²) < 4.78 is 0. The minimum absolute atomic E-state index is 0.0933. The van der Waals surface area contributed by atoms with E-state index in [-0.39, 0.29) is 11.6 Å². The maximum Gasteiger partial charge on any atom is 0.248 e. The predicted octanol–water partition coefficient (Wildman–Crippen LogP) is 4.05. The van der Waals surface area contributed by atoms with Crippen LogP contribution in [0.5, 0.6) is 11.5 Å². The van der Waals surface area contributed by atoms with Gasteiger partial charge in [0.2, 0.25) is 11.6 Å². The minimum Gasteiger partial charge on any atom is -0.504 e. The molecular formula is C21H22N2O3. The number of phenolic OH excluding ortho intramolecular Hbond substituents is 1. The Morgan fingerprint density at radius 2 is 1.77 bits per heavy atom. The smallest absolute Gasteiger partial charge is 0.248 e. The average Bonchev–Trinajstić information content (AvgIpc) is 2.87. The first kappa shape index (κ1) is 16.7. The Kier molecular flexibility index (Phi) is 4.63. The van der Waals surface area contributed by atoms with Crippen LogP contribution in [-0.4, -0.2) is 34.1 Å². The molecular weight excluding hydrogens is 328 g/mol. The third kappa shape index (κ3) is 3.44. The number of likely N-dealkylation sites (tertiary alicyclic amines) is 1. The van der Waals surface area contributed by atoms with Crippen molar-refractivity contribution in [2.75, 3.05) is 13.1 Å². The monoisotopic (exact) mass is 350 g/mol. The summed E-state index contributed by atoms with van der Waals surface area (Å²) in [4.78, 5) is 7.56. The number of aliphatic hydroxyl groups is 1. The molecule has 0 spiro atoms. The topological polar surface area (TPSA) is 65.3 Å². The van der Waals surface area contributed by atoms with E-state index in [1.807, 2.05) is 12.1 Å². The van der Waals surface area contributed by atoms with Crippen molar-refractivity contribution in [3.8, 4) is 11.5 Å². The molecule has 0 bridgehead atoms. The molecule has 0 saturated carbocycles. The second-order valence-corrected chi connectivity index (χ2v) is 6.83. The Bertz CT molecular complexity index is 838. The lowest BCUT2D eigenvalue weighted by Gasteiger charge is -2.32. The zero-order chi connectivity index (χ0) is 17.9. The van der Waals surface area contributed by atoms with E-state index in [4.69, 9.17) is 4.84 Å². The highest BCUT2D eigenvalue weighted by molar-refractivity contribution is 5.91. The van der Waals surface area contributed by atoms with Crippen LogP contribution in [0.1, 0.15) is 35.4 Å². The van der Waals surface area contributed by atoms with E-state index in [1.54, 1.807) is 6.08 Å². The molecule has 0 aliphatic carbocycles. The highest BCUT2D eigenvalue weighted by Gasteiger charge is 2.23. The third-order valence-corrected chi connectivity index (χ3v) is 5.14. The van der Waals surface area contributed by atoms with Crippen LogP contribution in [0.2, 0.25) is 0 Å². The number of piperidine rings is 1. The van der Waals surface area contributed by atoms with Gasteiger partial charge in [0.25, 0.3) is 0 Å². The van der Waals surface area contributed by atoms with Gasteiger partial charge in [-0.05, 0) is 48.6 Å². The molecule has 0 radical (unpaired) electrons. The Balaban J connectivity index is 1.44. The summed E-state index contributed by atoms with van der Waals surface area (Å²) in [7, 11) is 0. The highest BCUT2D eigenvalue weighted by Crippen LogP contribution is 2.37. The molecule has 2 aromatic carbocycles. The lowest BCUT2D eigenvalue weighted by Crippen LogP contribution is -2.32. The summed E-state index contributed by atoms with van der Waals surface area (Å²) in [5, 5.41) is 23.6. The number of phenols is 1. The molecule has 1 fully saturated rings. The van der Waals surface area contributed by atoms with Crippen LogP contribution in [0.3, 0.4) is 0 Å². The van der Waals surface area contributed by atoms with Crippen molar-refractivity contribution >= 4 is 12.0 Å². The fraction of sp³-hybridized carbons (Fsp3) is 0.286. The van der Waals surface area contributed by atoms with Crippen molar-refractivity contribution in [2.24, 2.45) is 5.16 Å². The van der Waals surface area contributed by atoms with Gasteiger partial charge in [-0.25, -0.2) is 0 Å². The number of oxime groups is 1. The number of hydrogen-bond acceptors (Lipinski definition) is 4. The summed E-state index contributed by atoms with van der Waals surface area (Å²) in [6.07, 6.45) is 5.36. The number of nitrogens with zero attached hydrogens (tertiary/aromatic N) is 2. The summed E-state index contributed by atoms with van der Waals surface area (Å²) in [6.45, 7) is 2.66. The first-order valence-corrected chi connectivity index (χ1v) is 8.95. The molecule has 4 rings (SSSR count). The molecule has 0 aromatic heterocycles. The fourth-order valence-corrected chi connectivity index (χ4v) is 3.66. The normalized spacial score (nSPS) is 17.9. The second kappa shape index (κ2) is 7.22. The molecule has 2 N–H and O–H groups in total. The lowest BCUT2D eigenvalue weighted by atomic mass is 9.89. The van der Waals surface area contributed by atoms with Gasteiger partial charge >= 0.3 is 0 Å². The van der Waals surface area contributed by atoms with Crippen LogP contribution in [0.25, 0.3) is 6.08 Å². The van der Waals surface area contributed by atoms with Crippen LogP contribution >= 0.6 is 0 Å². The number of benzene rings is 2. The molecule has 2 aromatic rings. The van der Waals surface area contributed by atoms with Crippen LogP contribution in [0.15, 0.2) is 53.7 Å². The number of aliphatic hydroxyl groups excluding tert-OH is 1. The Morgan fingerprint density at radius 1 is 1.00 bits per heavy atom. The third-order valence-electron chi connectivity index (χ3n) is 5.14. The van der Waals surface area contributed by atoms with Gasteiger partial charge in [-0.1, -0.05) is 42.5 Å². The molecule has 0 unspecified atom stereocenters. The molecule has 0 amide bonds. The number of aromatic hydroxyl groups is 1. The van der Waals surface area contributed by atoms with E-state index in [0.29, 0.717) is 23.8 Å². The van der Waals surface area contributed by atoms with E-state index in [2.05, 4.69) is 40.4 Å². The SMILES string of the molecule is OC1=NOc2c(ccc(CN3CCC(c4ccccc4)CC3)c2O)C=C1. The Labute approximate surface area is 152 Å². The van der Waals surface area contributed by atoms with Crippen molar-refractivity contribution in [1.82, 2.24) is 4.90 Å². The van der Waals surface area contributed by atoms with E-state index in [1.165, 1.54) is 11.6 Å². The maximum absolute atomic E-state index is 10.6. The molecule has 2 aliphatic rings. The van der Waals surface area contributed by atoms with Crippen molar-refractivity contribution < 1.29 is 15.1 Å². The highest BCUT2D eigenvalue weighted by atomic mass is 16.6. The van der Waals surface area contributed by atoms with E-state index in [0.717, 1.165) is 31.5 Å². The van der Waals surface area contributed by atoms with E-state index in [9.17, 15) is 10.2 Å². The summed E-state index contributed by atoms with van der Waals surface area (Å²) in [6, 6.07) is 14.5. The Hall–Kier alpha value is -2.79. The van der Waals surface area contributed by atoms with Crippen LogP contribution in [0, 0.1) is 0 Å². The first-order valence-electron chi connectivity index (χ1n) is 8.95. The molecule has 2 heterocycles. The lowest BCUT2D eigenvalue weighted by molar-refractivity contribution is 0.202. The largest absolute Gasteiger partial charge is 0.504 e. The van der Waals surface area contributed by atoms with E-state index >= 15 is 0 Å². The molecule has 26 heavy (non-hydrogen) atoms. The van der Waals surface area contributed by atoms with Gasteiger partial charge in [0.05, 0.1) is 0 Å².